The van der Waals surface area contributed by atoms with E-state index in [1.807, 2.05) is 27.7 Å². The van der Waals surface area contributed by atoms with Crippen molar-refractivity contribution >= 4 is 23.5 Å². The third-order valence-electron chi connectivity index (χ3n) is 2.72. The van der Waals surface area contributed by atoms with Crippen LogP contribution in [-0.2, 0) is 9.59 Å². The molecule has 1 fully saturated rings. The number of carbonyl (C=O) groups is 2. The van der Waals surface area contributed by atoms with Gasteiger partial charge in [0.15, 0.2) is 5.78 Å². The maximum absolute atomic E-state index is 11.9. The molecule has 1 saturated heterocycles. The number of amides is 1. The first kappa shape index (κ1) is 12.6. The molecule has 1 atom stereocenters. The van der Waals surface area contributed by atoms with E-state index in [4.69, 9.17) is 0 Å². The summed E-state index contributed by atoms with van der Waals surface area (Å²) < 4.78 is 0. The lowest BCUT2D eigenvalue weighted by Crippen LogP contribution is -2.49. The van der Waals surface area contributed by atoms with Gasteiger partial charge in [-0.15, -0.1) is 11.8 Å². The largest absolute Gasteiger partial charge is 0.318 e. The number of carbonyl (C=O) groups excluding carboxylic acids is 2. The molecule has 86 valence electrons. The van der Waals surface area contributed by atoms with Crippen LogP contribution >= 0.6 is 11.8 Å². The van der Waals surface area contributed by atoms with Gasteiger partial charge in [-0.1, -0.05) is 13.8 Å². The fourth-order valence-corrected chi connectivity index (χ4v) is 3.27. The predicted molar refractivity (Wildman–Crippen MR) is 62.7 cm³/mol. The minimum Gasteiger partial charge on any atom is -0.318 e. The van der Waals surface area contributed by atoms with Crippen LogP contribution in [0.2, 0.25) is 0 Å². The molecular weight excluding hydrogens is 210 g/mol. The van der Waals surface area contributed by atoms with Crippen molar-refractivity contribution in [1.29, 1.82) is 0 Å². The molecule has 0 aromatic rings. The number of Topliss-reactive ketones (excluding diaryl/α,β-unsaturated/α-hetero) is 1. The molecule has 1 aliphatic heterocycles. The first-order chi connectivity index (χ1) is 6.77. The fourth-order valence-electron chi connectivity index (χ4n) is 2.00. The van der Waals surface area contributed by atoms with Crippen LogP contribution in [0.5, 0.6) is 0 Å². The van der Waals surface area contributed by atoms with Crippen molar-refractivity contribution in [2.24, 2.45) is 5.92 Å². The van der Waals surface area contributed by atoms with Crippen LogP contribution in [0.15, 0.2) is 0 Å². The summed E-state index contributed by atoms with van der Waals surface area (Å²) in [4.78, 5) is 25.0. The van der Waals surface area contributed by atoms with Crippen LogP contribution in [-0.4, -0.2) is 33.3 Å². The molecule has 1 heterocycles. The van der Waals surface area contributed by atoms with E-state index in [1.54, 1.807) is 16.7 Å². The van der Waals surface area contributed by atoms with Crippen LogP contribution in [0.25, 0.3) is 0 Å². The van der Waals surface area contributed by atoms with Gasteiger partial charge in [0.25, 0.3) is 0 Å². The average molecular weight is 229 g/mol. The Bertz CT molecular complexity index is 286. The van der Waals surface area contributed by atoms with Gasteiger partial charge in [-0.3, -0.25) is 9.59 Å². The molecule has 0 aliphatic carbocycles. The number of nitrogens with zero attached hydrogens (tertiary/aromatic N) is 1. The SMILES string of the molecule is CC(=O)N1C(C(=O)C(C)C)CSC1(C)C. The Morgan fingerprint density at radius 2 is 1.93 bits per heavy atom. The van der Waals surface area contributed by atoms with E-state index in [2.05, 4.69) is 0 Å². The van der Waals surface area contributed by atoms with E-state index in [1.165, 1.54) is 6.92 Å². The molecule has 0 aromatic carbocycles. The lowest BCUT2D eigenvalue weighted by atomic mass is 10.0. The van der Waals surface area contributed by atoms with E-state index in [0.29, 0.717) is 0 Å². The molecule has 4 heteroatoms. The van der Waals surface area contributed by atoms with Gasteiger partial charge in [0.05, 0.1) is 4.87 Å². The fraction of sp³-hybridized carbons (Fsp3) is 0.818. The van der Waals surface area contributed by atoms with Gasteiger partial charge in [-0.05, 0) is 13.8 Å². The van der Waals surface area contributed by atoms with Crippen molar-refractivity contribution in [3.8, 4) is 0 Å². The van der Waals surface area contributed by atoms with Gasteiger partial charge in [0, 0.05) is 18.6 Å². The molecule has 1 unspecified atom stereocenters. The third-order valence-corrected chi connectivity index (χ3v) is 4.11. The summed E-state index contributed by atoms with van der Waals surface area (Å²) in [5, 5.41) is 0. The minimum absolute atomic E-state index is 0.00801. The van der Waals surface area contributed by atoms with Crippen molar-refractivity contribution < 1.29 is 9.59 Å². The van der Waals surface area contributed by atoms with Crippen LogP contribution in [0.4, 0.5) is 0 Å². The number of rotatable bonds is 2. The van der Waals surface area contributed by atoms with Gasteiger partial charge < -0.3 is 4.90 Å². The number of thioether (sulfide) groups is 1. The topological polar surface area (TPSA) is 37.4 Å². The highest BCUT2D eigenvalue weighted by atomic mass is 32.2. The Balaban J connectivity index is 2.93. The molecule has 0 spiro atoms. The van der Waals surface area contributed by atoms with Crippen molar-refractivity contribution in [1.82, 2.24) is 4.90 Å². The van der Waals surface area contributed by atoms with E-state index in [0.717, 1.165) is 5.75 Å². The predicted octanol–water partition coefficient (Wildman–Crippen LogP) is 1.91. The molecular formula is C11H19NO2S. The van der Waals surface area contributed by atoms with E-state index >= 15 is 0 Å². The zero-order valence-corrected chi connectivity index (χ0v) is 10.9. The molecule has 3 nitrogen and oxygen atoms in total. The summed E-state index contributed by atoms with van der Waals surface area (Å²) in [6.45, 7) is 9.29. The summed E-state index contributed by atoms with van der Waals surface area (Å²) in [5.41, 5.74) is 0. The molecule has 0 bridgehead atoms. The summed E-state index contributed by atoms with van der Waals surface area (Å²) in [6, 6.07) is -0.234. The van der Waals surface area contributed by atoms with Gasteiger partial charge in [0.2, 0.25) is 5.91 Å². The Kier molecular flexibility index (Phi) is 3.48. The second kappa shape index (κ2) is 4.16. The first-order valence-corrected chi connectivity index (χ1v) is 6.23. The normalized spacial score (nSPS) is 24.7. The molecule has 15 heavy (non-hydrogen) atoms. The van der Waals surface area contributed by atoms with E-state index < -0.39 is 0 Å². The van der Waals surface area contributed by atoms with Gasteiger partial charge in [-0.25, -0.2) is 0 Å². The Hall–Kier alpha value is -0.510. The molecule has 0 aromatic heterocycles. The monoisotopic (exact) mass is 229 g/mol. The summed E-state index contributed by atoms with van der Waals surface area (Å²) in [5.74, 6) is 0.877. The van der Waals surface area contributed by atoms with Crippen molar-refractivity contribution in [3.63, 3.8) is 0 Å². The quantitative estimate of drug-likeness (QED) is 0.726. The highest BCUT2D eigenvalue weighted by Gasteiger charge is 2.45. The van der Waals surface area contributed by atoms with Crippen LogP contribution in [0, 0.1) is 5.92 Å². The van der Waals surface area contributed by atoms with Crippen LogP contribution < -0.4 is 0 Å². The molecule has 1 aliphatic rings. The molecule has 1 amide bonds. The second-order valence-corrected chi connectivity index (χ2v) is 6.34. The van der Waals surface area contributed by atoms with Crippen molar-refractivity contribution in [3.05, 3.63) is 0 Å². The van der Waals surface area contributed by atoms with Crippen LogP contribution in [0.1, 0.15) is 34.6 Å². The standard InChI is InChI=1S/C11H19NO2S/c1-7(2)10(14)9-6-15-11(4,5)12(9)8(3)13/h7,9H,6H2,1-5H3. The molecule has 0 N–H and O–H groups in total. The molecule has 0 saturated carbocycles. The highest BCUT2D eigenvalue weighted by Crippen LogP contribution is 2.39. The molecule has 1 rings (SSSR count). The highest BCUT2D eigenvalue weighted by molar-refractivity contribution is 8.00. The summed E-state index contributed by atoms with van der Waals surface area (Å²) in [6.07, 6.45) is 0. The lowest BCUT2D eigenvalue weighted by Gasteiger charge is -2.33. The number of hydrogen-bond donors (Lipinski definition) is 0. The summed E-state index contributed by atoms with van der Waals surface area (Å²) in [7, 11) is 0. The first-order valence-electron chi connectivity index (χ1n) is 5.25. The van der Waals surface area contributed by atoms with Crippen molar-refractivity contribution in [2.75, 3.05) is 5.75 Å². The van der Waals surface area contributed by atoms with E-state index in [9.17, 15) is 9.59 Å². The van der Waals surface area contributed by atoms with Crippen molar-refractivity contribution in [2.45, 2.75) is 45.5 Å². The minimum atomic E-state index is -0.249. The maximum atomic E-state index is 11.9. The third kappa shape index (κ3) is 2.36. The maximum Gasteiger partial charge on any atom is 0.221 e. The Morgan fingerprint density at radius 1 is 1.40 bits per heavy atom. The number of ketones is 1. The molecule has 0 radical (unpaired) electrons. The van der Waals surface area contributed by atoms with Crippen LogP contribution in [0.3, 0.4) is 0 Å². The van der Waals surface area contributed by atoms with Gasteiger partial charge in [-0.2, -0.15) is 0 Å². The zero-order chi connectivity index (χ0) is 11.8. The second-order valence-electron chi connectivity index (χ2n) is 4.72. The summed E-state index contributed by atoms with van der Waals surface area (Å²) >= 11 is 1.67. The zero-order valence-electron chi connectivity index (χ0n) is 10.0. The Labute approximate surface area is 95.6 Å². The average Bonchev–Trinajstić information content (AvgIpc) is 2.39. The van der Waals surface area contributed by atoms with E-state index in [-0.39, 0.29) is 28.5 Å². The van der Waals surface area contributed by atoms with Gasteiger partial charge in [0.1, 0.15) is 6.04 Å². The van der Waals surface area contributed by atoms with Gasteiger partial charge >= 0.3 is 0 Å². The number of hydrogen-bond acceptors (Lipinski definition) is 3. The smallest absolute Gasteiger partial charge is 0.221 e. The lowest BCUT2D eigenvalue weighted by molar-refractivity contribution is -0.140. The Morgan fingerprint density at radius 3 is 2.33 bits per heavy atom.